The number of ether oxygens (including phenoxy) is 4. The molecule has 254 valence electrons. The third-order valence-electron chi connectivity index (χ3n) is 7.99. The normalized spacial score (nSPS) is 16.4. The van der Waals surface area contributed by atoms with Crippen LogP contribution in [0.1, 0.15) is 35.2 Å². The molecule has 50 heavy (non-hydrogen) atoms. The molecule has 1 atom stereocenters. The van der Waals surface area contributed by atoms with E-state index in [4.69, 9.17) is 30.5 Å². The molecule has 0 radical (unpaired) electrons. The molecule has 1 fully saturated rings. The molecular formula is C37H30ClN3O7S2. The summed E-state index contributed by atoms with van der Waals surface area (Å²) in [4.78, 5) is 29.0. The van der Waals surface area contributed by atoms with Crippen molar-refractivity contribution in [2.45, 2.75) is 29.7 Å². The van der Waals surface area contributed by atoms with E-state index in [1.807, 2.05) is 61.5 Å². The molecule has 0 saturated carbocycles. The predicted molar refractivity (Wildman–Crippen MR) is 192 cm³/mol. The molecule has 0 bridgehead atoms. The summed E-state index contributed by atoms with van der Waals surface area (Å²) < 4.78 is 24.1. The van der Waals surface area contributed by atoms with E-state index in [0.717, 1.165) is 22.5 Å². The lowest BCUT2D eigenvalue weighted by Crippen LogP contribution is -2.29. The molecule has 0 aliphatic carbocycles. The summed E-state index contributed by atoms with van der Waals surface area (Å²) in [6.45, 7) is 3.24. The number of hydrogen-bond donors (Lipinski definition) is 1. The minimum atomic E-state index is -1.07. The molecule has 10 nitrogen and oxygen atoms in total. The number of hydrogen-bond acceptors (Lipinski definition) is 11. The Kier molecular flexibility index (Phi) is 9.92. The molecule has 0 unspecified atom stereocenters. The first-order valence-electron chi connectivity index (χ1n) is 15.8. The topological polar surface area (TPSA) is 120 Å². The highest BCUT2D eigenvalue weighted by molar-refractivity contribution is 8.00. The van der Waals surface area contributed by atoms with Crippen molar-refractivity contribution in [3.63, 3.8) is 0 Å². The second-order valence-electron chi connectivity index (χ2n) is 11.2. The molecule has 3 heterocycles. The van der Waals surface area contributed by atoms with E-state index in [-0.39, 0.29) is 16.5 Å². The highest BCUT2D eigenvalue weighted by Crippen LogP contribution is 2.46. The van der Waals surface area contributed by atoms with Crippen LogP contribution in [0.15, 0.2) is 101 Å². The van der Waals surface area contributed by atoms with Crippen LogP contribution in [0, 0.1) is 0 Å². The highest BCUT2D eigenvalue weighted by Gasteiger charge is 2.48. The molecule has 1 N–H and O–H groups in total. The Balaban J connectivity index is 1.28. The number of aromatic nitrogens is 2. The lowest BCUT2D eigenvalue weighted by atomic mass is 9.95. The molecule has 4 aromatic carbocycles. The molecule has 2 aliphatic rings. The zero-order chi connectivity index (χ0) is 34.6. The Morgan fingerprint density at radius 1 is 0.940 bits per heavy atom. The number of nitrogens with zero attached hydrogens (tertiary/aromatic N) is 3. The minimum absolute atomic E-state index is 0.118. The fourth-order valence-electron chi connectivity index (χ4n) is 5.62. The highest BCUT2D eigenvalue weighted by atomic mass is 35.5. The zero-order valence-corrected chi connectivity index (χ0v) is 29.1. The van der Waals surface area contributed by atoms with Crippen molar-refractivity contribution < 1.29 is 33.6 Å². The molecule has 1 saturated heterocycles. The Labute approximate surface area is 301 Å². The SMILES string of the molecule is CCOc1cc([C@H]2C(=C(O)c3ccc4c(c3)OCCO4)C(=O)C(=O)N2c2nnc(SCc3ccccc3Cl)s2)ccc1OCc1ccccc1. The zero-order valence-electron chi connectivity index (χ0n) is 26.7. The van der Waals surface area contributed by atoms with E-state index in [1.54, 1.807) is 36.4 Å². The number of fused-ring (bicyclic) bond motifs is 1. The molecule has 7 rings (SSSR count). The van der Waals surface area contributed by atoms with Crippen molar-refractivity contribution in [3.8, 4) is 23.0 Å². The predicted octanol–water partition coefficient (Wildman–Crippen LogP) is 7.86. The standard InChI is InChI=1S/C37H30ClN3O7S2/c1-2-45-29-18-23(12-14-28(29)48-20-22-8-4-3-5-9-22)32-31(33(42)24-13-15-27-30(19-24)47-17-16-46-27)34(43)35(44)41(32)36-39-40-37(50-36)49-21-25-10-6-7-11-26(25)38/h3-15,18-19,32,42H,2,16-17,20-21H2,1H3/t32-/m0/s1. The summed E-state index contributed by atoms with van der Waals surface area (Å²) >= 11 is 8.93. The van der Waals surface area contributed by atoms with Gasteiger partial charge in [-0.3, -0.25) is 14.5 Å². The van der Waals surface area contributed by atoms with Crippen LogP contribution in [0.25, 0.3) is 5.76 Å². The number of rotatable bonds is 11. The number of Topliss-reactive ketones (excluding diaryl/α,β-unsaturated/α-hetero) is 1. The third kappa shape index (κ3) is 6.87. The maximum Gasteiger partial charge on any atom is 0.301 e. The maximum atomic E-state index is 13.9. The number of ketones is 1. The Bertz CT molecular complexity index is 2090. The number of carbonyl (C=O) groups is 2. The number of thioether (sulfide) groups is 1. The van der Waals surface area contributed by atoms with Crippen molar-refractivity contribution in [1.29, 1.82) is 0 Å². The van der Waals surface area contributed by atoms with Gasteiger partial charge < -0.3 is 24.1 Å². The third-order valence-corrected chi connectivity index (χ3v) is 10.5. The Morgan fingerprint density at radius 2 is 1.72 bits per heavy atom. The molecule has 0 spiro atoms. The van der Waals surface area contributed by atoms with Gasteiger partial charge in [-0.15, -0.1) is 10.2 Å². The molecule has 5 aromatic rings. The second-order valence-corrected chi connectivity index (χ2v) is 13.8. The van der Waals surface area contributed by atoms with Gasteiger partial charge >= 0.3 is 5.91 Å². The lowest BCUT2D eigenvalue weighted by molar-refractivity contribution is -0.132. The van der Waals surface area contributed by atoms with Crippen LogP contribution >= 0.6 is 34.7 Å². The van der Waals surface area contributed by atoms with Crippen LogP contribution < -0.4 is 23.8 Å². The fraction of sp³-hybridized carbons (Fsp3) is 0.189. The Hall–Kier alpha value is -5.04. The van der Waals surface area contributed by atoms with Gasteiger partial charge in [-0.2, -0.15) is 0 Å². The molecular weight excluding hydrogens is 698 g/mol. The van der Waals surface area contributed by atoms with Gasteiger partial charge in [-0.25, -0.2) is 0 Å². The fourth-order valence-corrected chi connectivity index (χ4v) is 7.78. The van der Waals surface area contributed by atoms with Crippen molar-refractivity contribution in [2.24, 2.45) is 0 Å². The van der Waals surface area contributed by atoms with Gasteiger partial charge in [0.05, 0.1) is 18.2 Å². The number of carbonyl (C=O) groups excluding carboxylic acids is 2. The van der Waals surface area contributed by atoms with Crippen LogP contribution in [0.3, 0.4) is 0 Å². The Morgan fingerprint density at radius 3 is 2.52 bits per heavy atom. The van der Waals surface area contributed by atoms with Crippen molar-refractivity contribution in [1.82, 2.24) is 10.2 Å². The van der Waals surface area contributed by atoms with Gasteiger partial charge in [-0.05, 0) is 60.0 Å². The number of benzene rings is 4. The van der Waals surface area contributed by atoms with E-state index in [1.165, 1.54) is 16.7 Å². The summed E-state index contributed by atoms with van der Waals surface area (Å²) in [7, 11) is 0. The smallest absolute Gasteiger partial charge is 0.301 e. The number of amides is 1. The average molecular weight is 728 g/mol. The van der Waals surface area contributed by atoms with Crippen LogP contribution in [-0.4, -0.2) is 46.8 Å². The summed E-state index contributed by atoms with van der Waals surface area (Å²) in [5, 5.41) is 21.2. The summed E-state index contributed by atoms with van der Waals surface area (Å²) in [5.41, 5.74) is 2.57. The molecule has 1 aromatic heterocycles. The monoisotopic (exact) mass is 727 g/mol. The summed E-state index contributed by atoms with van der Waals surface area (Å²) in [6.07, 6.45) is 0. The van der Waals surface area contributed by atoms with Gasteiger partial charge in [0.2, 0.25) is 5.13 Å². The van der Waals surface area contributed by atoms with E-state index >= 15 is 0 Å². The van der Waals surface area contributed by atoms with E-state index in [9.17, 15) is 14.7 Å². The van der Waals surface area contributed by atoms with Crippen molar-refractivity contribution >= 4 is 57.3 Å². The van der Waals surface area contributed by atoms with Crippen molar-refractivity contribution in [3.05, 3.63) is 124 Å². The summed E-state index contributed by atoms with van der Waals surface area (Å²) in [5.74, 6) is 0.287. The largest absolute Gasteiger partial charge is 0.507 e. The van der Waals surface area contributed by atoms with Crippen LogP contribution in [0.2, 0.25) is 5.02 Å². The molecule has 13 heteroatoms. The van der Waals surface area contributed by atoms with Gasteiger partial charge in [0.15, 0.2) is 27.3 Å². The average Bonchev–Trinajstić information content (AvgIpc) is 3.72. The molecule has 2 aliphatic heterocycles. The van der Waals surface area contributed by atoms with E-state index in [2.05, 4.69) is 10.2 Å². The van der Waals surface area contributed by atoms with Crippen LogP contribution in [-0.2, 0) is 21.9 Å². The number of halogens is 1. The van der Waals surface area contributed by atoms with Gasteiger partial charge in [0, 0.05) is 16.3 Å². The first-order chi connectivity index (χ1) is 24.4. The first-order valence-corrected chi connectivity index (χ1v) is 17.9. The summed E-state index contributed by atoms with van der Waals surface area (Å²) in [6, 6.07) is 26.2. The van der Waals surface area contributed by atoms with E-state index in [0.29, 0.717) is 75.7 Å². The van der Waals surface area contributed by atoms with Gasteiger partial charge in [0.1, 0.15) is 25.6 Å². The quantitative estimate of drug-likeness (QED) is 0.0473. The van der Waals surface area contributed by atoms with Gasteiger partial charge in [-0.1, -0.05) is 89.3 Å². The number of anilines is 1. The maximum absolute atomic E-state index is 13.9. The van der Waals surface area contributed by atoms with Crippen molar-refractivity contribution in [2.75, 3.05) is 24.7 Å². The van der Waals surface area contributed by atoms with Crippen LogP contribution in [0.5, 0.6) is 23.0 Å². The second kappa shape index (κ2) is 14.8. The lowest BCUT2D eigenvalue weighted by Gasteiger charge is -2.24. The van der Waals surface area contributed by atoms with Gasteiger partial charge in [0.25, 0.3) is 5.78 Å². The molecule has 1 amide bonds. The number of aliphatic hydroxyl groups is 1. The first kappa shape index (κ1) is 33.5. The van der Waals surface area contributed by atoms with E-state index < -0.39 is 17.7 Å². The minimum Gasteiger partial charge on any atom is -0.507 e. The number of aliphatic hydroxyl groups excluding tert-OH is 1. The van der Waals surface area contributed by atoms with Crippen LogP contribution in [0.4, 0.5) is 5.13 Å².